The molecule has 1 N–H and O–H groups in total. The van der Waals surface area contributed by atoms with Crippen molar-refractivity contribution in [1.29, 1.82) is 0 Å². The minimum absolute atomic E-state index is 0.146. The zero-order valence-corrected chi connectivity index (χ0v) is 6.09. The Morgan fingerprint density at radius 3 is 3.00 bits per heavy atom. The summed E-state index contributed by atoms with van der Waals surface area (Å²) in [4.78, 5) is 1.97. The van der Waals surface area contributed by atoms with Gasteiger partial charge in [0.25, 0.3) is 0 Å². The number of hydrogen-bond donors (Lipinski definition) is 1. The van der Waals surface area contributed by atoms with E-state index in [0.29, 0.717) is 19.5 Å². The van der Waals surface area contributed by atoms with Gasteiger partial charge < -0.3 is 5.11 Å². The first kappa shape index (κ1) is 7.95. The van der Waals surface area contributed by atoms with E-state index in [4.69, 9.17) is 5.11 Å². The lowest BCUT2D eigenvalue weighted by Crippen LogP contribution is -2.37. The monoisotopic (exact) mass is 147 g/mol. The van der Waals surface area contributed by atoms with Gasteiger partial charge in [-0.1, -0.05) is 0 Å². The number of halogens is 1. The van der Waals surface area contributed by atoms with Crippen molar-refractivity contribution < 1.29 is 9.50 Å². The van der Waals surface area contributed by atoms with Crippen molar-refractivity contribution in [3.63, 3.8) is 0 Å². The zero-order valence-electron chi connectivity index (χ0n) is 6.09. The molecule has 0 amide bonds. The zero-order chi connectivity index (χ0) is 7.40. The van der Waals surface area contributed by atoms with Gasteiger partial charge in [-0.25, -0.2) is 4.39 Å². The number of alkyl halides is 1. The number of piperidine rings is 1. The molecule has 1 rings (SSSR count). The van der Waals surface area contributed by atoms with Crippen LogP contribution in [0.15, 0.2) is 0 Å². The smallest absolute Gasteiger partial charge is 0.113 e. The van der Waals surface area contributed by atoms with Crippen LogP contribution < -0.4 is 0 Å². The molecule has 0 spiro atoms. The Bertz CT molecular complexity index is 97.6. The standard InChI is InChI=1S/C7H14FNO/c8-7-2-1-3-9(6-7)4-5-10/h7,10H,1-6H2. The number of aliphatic hydroxyl groups excluding tert-OH is 1. The summed E-state index contributed by atoms with van der Waals surface area (Å²) in [7, 11) is 0. The molecule has 1 atom stereocenters. The van der Waals surface area contributed by atoms with E-state index in [2.05, 4.69) is 0 Å². The lowest BCUT2D eigenvalue weighted by Gasteiger charge is -2.27. The molecule has 0 radical (unpaired) electrons. The highest BCUT2D eigenvalue weighted by molar-refractivity contribution is 4.71. The minimum Gasteiger partial charge on any atom is -0.395 e. The second-order valence-electron chi connectivity index (χ2n) is 2.76. The number of nitrogens with zero attached hydrogens (tertiary/aromatic N) is 1. The molecule has 60 valence electrons. The van der Waals surface area contributed by atoms with Crippen LogP contribution in [-0.2, 0) is 0 Å². The van der Waals surface area contributed by atoms with Gasteiger partial charge in [-0.2, -0.15) is 0 Å². The molecule has 0 aliphatic carbocycles. The molecule has 2 nitrogen and oxygen atoms in total. The van der Waals surface area contributed by atoms with Crippen molar-refractivity contribution in [2.45, 2.75) is 19.0 Å². The lowest BCUT2D eigenvalue weighted by atomic mass is 10.1. The van der Waals surface area contributed by atoms with Gasteiger partial charge >= 0.3 is 0 Å². The summed E-state index contributed by atoms with van der Waals surface area (Å²) in [6, 6.07) is 0. The molecule has 10 heavy (non-hydrogen) atoms. The summed E-state index contributed by atoms with van der Waals surface area (Å²) >= 11 is 0. The Morgan fingerprint density at radius 1 is 1.60 bits per heavy atom. The van der Waals surface area contributed by atoms with Crippen LogP contribution in [0.25, 0.3) is 0 Å². The molecular weight excluding hydrogens is 133 g/mol. The summed E-state index contributed by atoms with van der Waals surface area (Å²) in [5.41, 5.74) is 0. The fourth-order valence-corrected chi connectivity index (χ4v) is 1.34. The van der Waals surface area contributed by atoms with E-state index in [0.717, 1.165) is 13.0 Å². The second-order valence-corrected chi connectivity index (χ2v) is 2.76. The van der Waals surface area contributed by atoms with Crippen molar-refractivity contribution in [3.8, 4) is 0 Å². The Balaban J connectivity index is 2.18. The molecule has 0 bridgehead atoms. The molecule has 1 aliphatic heterocycles. The Kier molecular flexibility index (Phi) is 3.09. The predicted molar refractivity (Wildman–Crippen MR) is 37.7 cm³/mol. The van der Waals surface area contributed by atoms with Gasteiger partial charge in [-0.3, -0.25) is 4.90 Å². The largest absolute Gasteiger partial charge is 0.395 e. The molecule has 0 aromatic carbocycles. The van der Waals surface area contributed by atoms with Crippen molar-refractivity contribution in [2.75, 3.05) is 26.2 Å². The van der Waals surface area contributed by atoms with Gasteiger partial charge in [0.05, 0.1) is 6.61 Å². The van der Waals surface area contributed by atoms with E-state index in [1.165, 1.54) is 0 Å². The van der Waals surface area contributed by atoms with Crippen LogP contribution in [-0.4, -0.2) is 42.4 Å². The van der Waals surface area contributed by atoms with Crippen LogP contribution in [0, 0.1) is 0 Å². The fraction of sp³-hybridized carbons (Fsp3) is 1.00. The quantitative estimate of drug-likeness (QED) is 0.611. The third-order valence-corrected chi connectivity index (χ3v) is 1.86. The van der Waals surface area contributed by atoms with Crippen LogP contribution in [0.3, 0.4) is 0 Å². The number of rotatable bonds is 2. The first-order valence-corrected chi connectivity index (χ1v) is 3.80. The third kappa shape index (κ3) is 2.23. The van der Waals surface area contributed by atoms with Crippen molar-refractivity contribution in [1.82, 2.24) is 4.90 Å². The number of likely N-dealkylation sites (tertiary alicyclic amines) is 1. The predicted octanol–water partition coefficient (Wildman–Crippen LogP) is 0.413. The van der Waals surface area contributed by atoms with E-state index in [-0.39, 0.29) is 6.61 Å². The summed E-state index contributed by atoms with van der Waals surface area (Å²) in [5.74, 6) is 0. The summed E-state index contributed by atoms with van der Waals surface area (Å²) in [6.45, 7) is 2.23. The van der Waals surface area contributed by atoms with Gasteiger partial charge in [-0.15, -0.1) is 0 Å². The molecule has 3 heteroatoms. The van der Waals surface area contributed by atoms with E-state index in [1.807, 2.05) is 4.90 Å². The molecule has 0 saturated carbocycles. The Morgan fingerprint density at radius 2 is 2.40 bits per heavy atom. The molecule has 1 heterocycles. The van der Waals surface area contributed by atoms with E-state index in [9.17, 15) is 4.39 Å². The van der Waals surface area contributed by atoms with E-state index < -0.39 is 6.17 Å². The summed E-state index contributed by atoms with van der Waals surface area (Å²) in [6.07, 6.45) is 0.962. The third-order valence-electron chi connectivity index (χ3n) is 1.86. The molecule has 0 aromatic heterocycles. The first-order valence-electron chi connectivity index (χ1n) is 3.80. The lowest BCUT2D eigenvalue weighted by molar-refractivity contribution is 0.116. The number of aliphatic hydroxyl groups is 1. The van der Waals surface area contributed by atoms with E-state index in [1.54, 1.807) is 0 Å². The fourth-order valence-electron chi connectivity index (χ4n) is 1.34. The molecule has 1 saturated heterocycles. The van der Waals surface area contributed by atoms with Crippen molar-refractivity contribution >= 4 is 0 Å². The summed E-state index contributed by atoms with van der Waals surface area (Å²) in [5, 5.41) is 8.54. The van der Waals surface area contributed by atoms with Crippen LogP contribution in [0.4, 0.5) is 4.39 Å². The first-order chi connectivity index (χ1) is 4.83. The molecule has 1 unspecified atom stereocenters. The highest BCUT2D eigenvalue weighted by Crippen LogP contribution is 2.11. The van der Waals surface area contributed by atoms with Gasteiger partial charge in [0, 0.05) is 13.1 Å². The number of hydrogen-bond acceptors (Lipinski definition) is 2. The minimum atomic E-state index is -0.666. The number of β-amino-alcohol motifs (C(OH)–C–C–N with tert-alkyl or cyclic N) is 1. The van der Waals surface area contributed by atoms with Gasteiger partial charge in [0.15, 0.2) is 0 Å². The van der Waals surface area contributed by atoms with E-state index >= 15 is 0 Å². The second kappa shape index (κ2) is 3.88. The van der Waals surface area contributed by atoms with Crippen LogP contribution in [0.5, 0.6) is 0 Å². The average molecular weight is 147 g/mol. The highest BCUT2D eigenvalue weighted by atomic mass is 19.1. The normalized spacial score (nSPS) is 28.8. The Hall–Kier alpha value is -0.150. The maximum absolute atomic E-state index is 12.6. The van der Waals surface area contributed by atoms with Gasteiger partial charge in [0.2, 0.25) is 0 Å². The van der Waals surface area contributed by atoms with Crippen LogP contribution in [0.1, 0.15) is 12.8 Å². The average Bonchev–Trinajstić information content (AvgIpc) is 1.88. The highest BCUT2D eigenvalue weighted by Gasteiger charge is 2.17. The maximum atomic E-state index is 12.6. The van der Waals surface area contributed by atoms with Crippen LogP contribution >= 0.6 is 0 Å². The van der Waals surface area contributed by atoms with Gasteiger partial charge in [-0.05, 0) is 19.4 Å². The van der Waals surface area contributed by atoms with Gasteiger partial charge in [0.1, 0.15) is 6.17 Å². The molecule has 1 fully saturated rings. The molecular formula is C7H14FNO. The van der Waals surface area contributed by atoms with Crippen LogP contribution in [0.2, 0.25) is 0 Å². The maximum Gasteiger partial charge on any atom is 0.113 e. The molecule has 1 aliphatic rings. The van der Waals surface area contributed by atoms with Crippen molar-refractivity contribution in [3.05, 3.63) is 0 Å². The van der Waals surface area contributed by atoms with Crippen molar-refractivity contribution in [2.24, 2.45) is 0 Å². The SMILES string of the molecule is OCCN1CCCC(F)C1. The topological polar surface area (TPSA) is 23.5 Å². The Labute approximate surface area is 60.6 Å². The summed E-state index contributed by atoms with van der Waals surface area (Å²) < 4.78 is 12.6. The molecule has 0 aromatic rings.